The highest BCUT2D eigenvalue weighted by molar-refractivity contribution is 7.17. The van der Waals surface area contributed by atoms with Gasteiger partial charge in [-0.2, -0.15) is 0 Å². The summed E-state index contributed by atoms with van der Waals surface area (Å²) in [5, 5.41) is 5.77. The molecule has 4 heterocycles. The van der Waals surface area contributed by atoms with Gasteiger partial charge in [0.2, 0.25) is 0 Å². The molecule has 0 spiro atoms. The van der Waals surface area contributed by atoms with E-state index in [9.17, 15) is 4.79 Å². The first-order valence-corrected chi connectivity index (χ1v) is 13.0. The highest BCUT2D eigenvalue weighted by Crippen LogP contribution is 2.32. The van der Waals surface area contributed by atoms with E-state index in [1.807, 2.05) is 29.2 Å². The average molecular weight is 465 g/mol. The first-order valence-electron chi connectivity index (χ1n) is 12.1. The van der Waals surface area contributed by atoms with Gasteiger partial charge in [0.05, 0.1) is 34.8 Å². The molecule has 2 fully saturated rings. The molecule has 0 unspecified atom stereocenters. The molecule has 174 valence electrons. The van der Waals surface area contributed by atoms with Crippen molar-refractivity contribution in [1.29, 1.82) is 0 Å². The number of morpholine rings is 1. The zero-order valence-electron chi connectivity index (χ0n) is 19.1. The summed E-state index contributed by atoms with van der Waals surface area (Å²) in [4.78, 5) is 22.1. The molecule has 2 saturated heterocycles. The molecule has 3 aromatic rings. The van der Waals surface area contributed by atoms with Crippen LogP contribution in [0.15, 0.2) is 41.8 Å². The van der Waals surface area contributed by atoms with Crippen molar-refractivity contribution >= 4 is 33.1 Å². The van der Waals surface area contributed by atoms with Crippen LogP contribution in [-0.4, -0.2) is 73.2 Å². The van der Waals surface area contributed by atoms with E-state index >= 15 is 0 Å². The molecule has 1 amide bonds. The van der Waals surface area contributed by atoms with Gasteiger partial charge in [-0.25, -0.2) is 4.98 Å². The van der Waals surface area contributed by atoms with Crippen LogP contribution in [0.25, 0.3) is 21.5 Å². The number of amides is 1. The fraction of sp³-hybridized carbons (Fsp3) is 0.462. The predicted molar refractivity (Wildman–Crippen MR) is 135 cm³/mol. The van der Waals surface area contributed by atoms with Gasteiger partial charge in [0.25, 0.3) is 5.91 Å². The first kappa shape index (κ1) is 22.3. The van der Waals surface area contributed by atoms with E-state index in [-0.39, 0.29) is 5.91 Å². The van der Waals surface area contributed by atoms with Crippen molar-refractivity contribution in [2.75, 3.05) is 57.8 Å². The minimum Gasteiger partial charge on any atom is -0.384 e. The quantitative estimate of drug-likeness (QED) is 0.513. The molecular formula is C26H32N4O2S. The lowest BCUT2D eigenvalue weighted by Crippen LogP contribution is -2.40. The number of pyridine rings is 1. The van der Waals surface area contributed by atoms with Gasteiger partial charge in [-0.1, -0.05) is 18.6 Å². The molecule has 0 saturated carbocycles. The number of hydrogen-bond acceptors (Lipinski definition) is 6. The Morgan fingerprint density at radius 1 is 1.03 bits per heavy atom. The van der Waals surface area contributed by atoms with Crippen molar-refractivity contribution in [2.45, 2.75) is 25.7 Å². The fourth-order valence-electron chi connectivity index (χ4n) is 4.68. The van der Waals surface area contributed by atoms with Crippen molar-refractivity contribution in [2.24, 2.45) is 0 Å². The Labute approximate surface area is 199 Å². The van der Waals surface area contributed by atoms with Crippen molar-refractivity contribution in [3.05, 3.63) is 47.3 Å². The van der Waals surface area contributed by atoms with Gasteiger partial charge in [0.15, 0.2) is 0 Å². The van der Waals surface area contributed by atoms with E-state index in [0.717, 1.165) is 42.0 Å². The summed E-state index contributed by atoms with van der Waals surface area (Å²) in [6.45, 7) is 7.16. The Morgan fingerprint density at radius 2 is 1.82 bits per heavy atom. The minimum atomic E-state index is 0.0714. The molecule has 2 aliphatic rings. The van der Waals surface area contributed by atoms with Crippen molar-refractivity contribution in [3.8, 4) is 11.3 Å². The number of carbonyl (C=O) groups excluding carboxylic acids is 1. The number of aromatic nitrogens is 1. The van der Waals surface area contributed by atoms with E-state index in [2.05, 4.69) is 27.7 Å². The number of likely N-dealkylation sites (tertiary alicyclic amines) is 1. The average Bonchev–Trinajstić information content (AvgIpc) is 3.36. The van der Waals surface area contributed by atoms with E-state index in [0.29, 0.717) is 31.9 Å². The Hall–Kier alpha value is -2.48. The van der Waals surface area contributed by atoms with Gasteiger partial charge in [-0.15, -0.1) is 11.3 Å². The lowest BCUT2D eigenvalue weighted by atomic mass is 10.1. The Balaban J connectivity index is 1.27. The highest BCUT2D eigenvalue weighted by Gasteiger charge is 2.18. The second-order valence-electron chi connectivity index (χ2n) is 8.85. The summed E-state index contributed by atoms with van der Waals surface area (Å²) >= 11 is 1.73. The normalized spacial score (nSPS) is 17.4. The van der Waals surface area contributed by atoms with Gasteiger partial charge in [0.1, 0.15) is 0 Å². The number of rotatable bonds is 7. The number of piperidine rings is 1. The number of hydrogen-bond donors (Lipinski definition) is 1. The van der Waals surface area contributed by atoms with Crippen LogP contribution in [0, 0.1) is 0 Å². The molecule has 1 aromatic carbocycles. The third kappa shape index (κ3) is 5.37. The molecule has 2 aromatic heterocycles. The molecule has 0 bridgehead atoms. The van der Waals surface area contributed by atoms with Crippen molar-refractivity contribution in [1.82, 2.24) is 14.8 Å². The van der Waals surface area contributed by atoms with Crippen molar-refractivity contribution in [3.63, 3.8) is 0 Å². The van der Waals surface area contributed by atoms with Crippen LogP contribution in [0.1, 0.15) is 36.0 Å². The van der Waals surface area contributed by atoms with Crippen LogP contribution < -0.4 is 5.32 Å². The molecule has 6 nitrogen and oxygen atoms in total. The molecule has 1 N–H and O–H groups in total. The second kappa shape index (κ2) is 10.6. The van der Waals surface area contributed by atoms with Crippen LogP contribution in [0.2, 0.25) is 0 Å². The summed E-state index contributed by atoms with van der Waals surface area (Å²) in [7, 11) is 0. The van der Waals surface area contributed by atoms with Crippen LogP contribution >= 0.6 is 11.3 Å². The van der Waals surface area contributed by atoms with Crippen LogP contribution in [-0.2, 0) is 4.74 Å². The van der Waals surface area contributed by atoms with Gasteiger partial charge < -0.3 is 19.9 Å². The summed E-state index contributed by atoms with van der Waals surface area (Å²) in [5.41, 5.74) is 4.85. The molecule has 2 aliphatic heterocycles. The second-order valence-corrected chi connectivity index (χ2v) is 9.77. The largest absolute Gasteiger partial charge is 0.384 e. The predicted octanol–water partition coefficient (Wildman–Crippen LogP) is 4.72. The first-order chi connectivity index (χ1) is 16.3. The standard InChI is InChI=1S/C26H32N4O2S/c31-26(30-14-16-32-17-15-30)21-7-5-20(6-8-21)23-19-24(25-22(28-23)9-18-33-25)27-10-4-13-29-11-2-1-3-12-29/h5-9,18-19H,1-4,10-17H2,(H,27,28). The van der Waals surface area contributed by atoms with Crippen LogP contribution in [0.4, 0.5) is 5.69 Å². The van der Waals surface area contributed by atoms with Crippen LogP contribution in [0.3, 0.4) is 0 Å². The Morgan fingerprint density at radius 3 is 2.61 bits per heavy atom. The molecular weight excluding hydrogens is 432 g/mol. The maximum Gasteiger partial charge on any atom is 0.254 e. The number of nitrogens with zero attached hydrogens (tertiary/aromatic N) is 3. The zero-order valence-corrected chi connectivity index (χ0v) is 19.9. The van der Waals surface area contributed by atoms with Crippen LogP contribution in [0.5, 0.6) is 0 Å². The molecule has 0 aliphatic carbocycles. The van der Waals surface area contributed by atoms with Gasteiger partial charge in [-0.3, -0.25) is 4.79 Å². The fourth-order valence-corrected chi connectivity index (χ4v) is 5.50. The number of anilines is 1. The zero-order chi connectivity index (χ0) is 22.5. The molecule has 7 heteroatoms. The minimum absolute atomic E-state index is 0.0714. The molecule has 33 heavy (non-hydrogen) atoms. The summed E-state index contributed by atoms with van der Waals surface area (Å²) in [5.74, 6) is 0.0714. The lowest BCUT2D eigenvalue weighted by Gasteiger charge is -2.26. The number of benzene rings is 1. The number of ether oxygens (including phenoxy) is 1. The number of nitrogens with one attached hydrogen (secondary N) is 1. The molecule has 0 atom stereocenters. The number of fused-ring (bicyclic) bond motifs is 1. The lowest BCUT2D eigenvalue weighted by molar-refractivity contribution is 0.0303. The SMILES string of the molecule is O=C(c1ccc(-c2cc(NCCCN3CCCCC3)c3sccc3n2)cc1)N1CCOCC1. The van der Waals surface area contributed by atoms with Gasteiger partial charge >= 0.3 is 0 Å². The smallest absolute Gasteiger partial charge is 0.254 e. The third-order valence-corrected chi connectivity index (χ3v) is 7.49. The highest BCUT2D eigenvalue weighted by atomic mass is 32.1. The Bertz CT molecular complexity index is 1070. The maximum atomic E-state index is 12.7. The summed E-state index contributed by atoms with van der Waals surface area (Å²) < 4.78 is 6.56. The third-order valence-electron chi connectivity index (χ3n) is 6.55. The van der Waals surface area contributed by atoms with Crippen molar-refractivity contribution < 1.29 is 9.53 Å². The van der Waals surface area contributed by atoms with E-state index in [1.165, 1.54) is 37.1 Å². The van der Waals surface area contributed by atoms with Gasteiger partial charge in [-0.05, 0) is 68.5 Å². The molecule has 0 radical (unpaired) electrons. The maximum absolute atomic E-state index is 12.7. The van der Waals surface area contributed by atoms with E-state index < -0.39 is 0 Å². The summed E-state index contributed by atoms with van der Waals surface area (Å²) in [6, 6.07) is 12.1. The summed E-state index contributed by atoms with van der Waals surface area (Å²) in [6.07, 6.45) is 5.21. The van der Waals surface area contributed by atoms with E-state index in [4.69, 9.17) is 9.72 Å². The monoisotopic (exact) mass is 464 g/mol. The number of carbonyl (C=O) groups is 1. The Kier molecular flexibility index (Phi) is 7.19. The molecule has 5 rings (SSSR count). The van der Waals surface area contributed by atoms with E-state index in [1.54, 1.807) is 11.3 Å². The van der Waals surface area contributed by atoms with Gasteiger partial charge in [0, 0.05) is 30.8 Å². The number of thiophene rings is 1. The topological polar surface area (TPSA) is 57.7 Å².